The van der Waals surface area contributed by atoms with Crippen LogP contribution in [0, 0.1) is 11.8 Å². The summed E-state index contributed by atoms with van der Waals surface area (Å²) in [6, 6.07) is 0. The van der Waals surface area contributed by atoms with Crippen molar-refractivity contribution < 1.29 is 14.5 Å². The van der Waals surface area contributed by atoms with Crippen molar-refractivity contribution in [2.45, 2.75) is 26.4 Å². The number of hydrogen-bond donors (Lipinski definition) is 1. The molecule has 0 aliphatic heterocycles. The Morgan fingerprint density at radius 3 is 2.06 bits per heavy atom. The summed E-state index contributed by atoms with van der Waals surface area (Å²) in [5.74, 6) is 4.02. The highest BCUT2D eigenvalue weighted by Gasteiger charge is 2.35. The Bertz CT molecular complexity index is 392. The summed E-state index contributed by atoms with van der Waals surface area (Å²) in [6.45, 7) is 5.20. The van der Waals surface area contributed by atoms with Crippen LogP contribution in [-0.4, -0.2) is 29.1 Å². The Labute approximate surface area is 103 Å². The molecular weight excluding hydrogens is 235 g/mol. The van der Waals surface area contributed by atoms with E-state index >= 15 is 0 Å². The zero-order valence-corrected chi connectivity index (χ0v) is 11.4. The van der Waals surface area contributed by atoms with Crippen molar-refractivity contribution in [1.82, 2.24) is 0 Å². The molecule has 17 heavy (non-hydrogen) atoms. The quantitative estimate of drug-likeness (QED) is 0.450. The first kappa shape index (κ1) is 15.7. The van der Waals surface area contributed by atoms with Crippen LogP contribution in [0.2, 0.25) is 0 Å². The Morgan fingerprint density at radius 2 is 1.76 bits per heavy atom. The molecule has 0 fully saturated rings. The van der Waals surface area contributed by atoms with Crippen LogP contribution in [0.1, 0.15) is 20.8 Å². The van der Waals surface area contributed by atoms with Gasteiger partial charge in [0.25, 0.3) is 0 Å². The molecule has 0 aromatic rings. The van der Waals surface area contributed by atoms with Gasteiger partial charge in [0.1, 0.15) is 7.14 Å². The van der Waals surface area contributed by atoms with E-state index in [4.69, 9.17) is 5.11 Å². The van der Waals surface area contributed by atoms with Crippen LogP contribution in [0.4, 0.5) is 0 Å². The second-order valence-electron chi connectivity index (χ2n) is 3.59. The maximum atomic E-state index is 12.7. The number of carboxylic acid groups (broad SMARTS) is 1. The fourth-order valence-corrected chi connectivity index (χ4v) is 3.84. The second-order valence-corrected chi connectivity index (χ2v) is 6.74. The molecule has 1 unspecified atom stereocenters. The highest BCUT2D eigenvalue weighted by molar-refractivity contribution is 7.66. The largest absolute Gasteiger partial charge is 0.480 e. The van der Waals surface area contributed by atoms with Gasteiger partial charge in [0, 0.05) is 12.3 Å². The van der Waals surface area contributed by atoms with Gasteiger partial charge in [-0.25, -0.2) is 0 Å². The zero-order chi connectivity index (χ0) is 13.3. The van der Waals surface area contributed by atoms with Crippen molar-refractivity contribution >= 4 is 13.1 Å². The number of carbonyl (C=O) groups is 1. The van der Waals surface area contributed by atoms with Crippen molar-refractivity contribution in [2.24, 2.45) is 0 Å². The number of aliphatic carboxylic acids is 1. The van der Waals surface area contributed by atoms with Gasteiger partial charge >= 0.3 is 5.97 Å². The average Bonchev–Trinajstić information content (AvgIpc) is 2.30. The molecule has 4 heteroatoms. The molecule has 0 saturated heterocycles. The van der Waals surface area contributed by atoms with Crippen LogP contribution in [-0.2, 0) is 9.36 Å². The van der Waals surface area contributed by atoms with E-state index < -0.39 is 18.8 Å². The topological polar surface area (TPSA) is 54.4 Å². The maximum absolute atomic E-state index is 12.7. The molecule has 94 valence electrons. The third-order valence-electron chi connectivity index (χ3n) is 2.29. The zero-order valence-electron chi connectivity index (χ0n) is 10.5. The lowest BCUT2D eigenvalue weighted by atomic mass is 10.4. The molecule has 0 rings (SSSR count). The minimum atomic E-state index is -2.88. The molecule has 3 nitrogen and oxygen atoms in total. The van der Waals surface area contributed by atoms with Crippen LogP contribution in [0.5, 0.6) is 0 Å². The molecule has 0 heterocycles. The molecule has 0 radical (unpaired) electrons. The van der Waals surface area contributed by atoms with E-state index in [1.165, 1.54) is 0 Å². The fourth-order valence-electron chi connectivity index (χ4n) is 1.37. The lowest BCUT2D eigenvalue weighted by Gasteiger charge is -2.18. The summed E-state index contributed by atoms with van der Waals surface area (Å²) in [5.41, 5.74) is -1.07. The standard InChI is InChI=1S/C13H19O3P/c1-4-7-10-17(16,11-8-5-2)12(9-6-3)13(14)15/h4-5,7-8,12H,10-11H2,1-3H3,(H,14,15). The van der Waals surface area contributed by atoms with Gasteiger partial charge < -0.3 is 9.67 Å². The fraction of sp³-hybridized carbons (Fsp3) is 0.462. The van der Waals surface area contributed by atoms with E-state index in [1.54, 1.807) is 31.2 Å². The first-order valence-electron chi connectivity index (χ1n) is 5.47. The monoisotopic (exact) mass is 254 g/mol. The summed E-state index contributed by atoms with van der Waals surface area (Å²) in [7, 11) is -2.88. The SMILES string of the molecule is CC#CC(C(=O)O)P(=O)(CC=CC)CC=CC. The summed E-state index contributed by atoms with van der Waals surface area (Å²) in [6.07, 6.45) is 7.61. The van der Waals surface area contributed by atoms with E-state index in [0.717, 1.165) is 0 Å². The van der Waals surface area contributed by atoms with Crippen molar-refractivity contribution in [3.05, 3.63) is 24.3 Å². The molecule has 1 N–H and O–H groups in total. The molecule has 0 aromatic carbocycles. The van der Waals surface area contributed by atoms with Crippen LogP contribution in [0.25, 0.3) is 0 Å². The predicted octanol–water partition coefficient (Wildman–Crippen LogP) is 2.98. The van der Waals surface area contributed by atoms with Crippen LogP contribution in [0.3, 0.4) is 0 Å². The lowest BCUT2D eigenvalue weighted by Crippen LogP contribution is -2.21. The minimum absolute atomic E-state index is 0.277. The van der Waals surface area contributed by atoms with Gasteiger partial charge in [-0.15, -0.1) is 5.92 Å². The highest BCUT2D eigenvalue weighted by Crippen LogP contribution is 2.50. The van der Waals surface area contributed by atoms with E-state index in [2.05, 4.69) is 11.8 Å². The van der Waals surface area contributed by atoms with Crippen LogP contribution in [0.15, 0.2) is 24.3 Å². The molecule has 1 atom stereocenters. The lowest BCUT2D eigenvalue weighted by molar-refractivity contribution is -0.135. The van der Waals surface area contributed by atoms with Crippen LogP contribution >= 0.6 is 7.14 Å². The van der Waals surface area contributed by atoms with Crippen molar-refractivity contribution in [2.75, 3.05) is 12.3 Å². The normalized spacial score (nSPS) is 16.4. The Kier molecular flexibility index (Phi) is 7.34. The van der Waals surface area contributed by atoms with Gasteiger partial charge in [0.05, 0.1) is 0 Å². The van der Waals surface area contributed by atoms with E-state index in [-0.39, 0.29) is 12.3 Å². The van der Waals surface area contributed by atoms with Gasteiger partial charge in [-0.2, -0.15) is 0 Å². The number of hydrogen-bond acceptors (Lipinski definition) is 2. The molecule has 0 aliphatic carbocycles. The van der Waals surface area contributed by atoms with Crippen LogP contribution < -0.4 is 0 Å². The summed E-state index contributed by atoms with van der Waals surface area (Å²) in [5, 5.41) is 9.12. The summed E-state index contributed by atoms with van der Waals surface area (Å²) in [4.78, 5) is 11.1. The van der Waals surface area contributed by atoms with Gasteiger partial charge in [-0.3, -0.25) is 4.79 Å². The molecule has 0 aromatic heterocycles. The molecule has 0 saturated carbocycles. The maximum Gasteiger partial charge on any atom is 0.326 e. The van der Waals surface area contributed by atoms with Gasteiger partial charge in [0.15, 0.2) is 5.66 Å². The van der Waals surface area contributed by atoms with Gasteiger partial charge in [-0.05, 0) is 20.8 Å². The van der Waals surface area contributed by atoms with E-state index in [9.17, 15) is 9.36 Å². The third kappa shape index (κ3) is 5.06. The first-order chi connectivity index (χ1) is 8.01. The number of allylic oxidation sites excluding steroid dienone is 4. The number of rotatable bonds is 6. The number of carboxylic acids is 1. The molecule has 0 spiro atoms. The Morgan fingerprint density at radius 1 is 1.29 bits per heavy atom. The third-order valence-corrected chi connectivity index (χ3v) is 5.23. The summed E-state index contributed by atoms with van der Waals surface area (Å²) >= 11 is 0. The average molecular weight is 254 g/mol. The molecule has 0 aliphatic rings. The summed E-state index contributed by atoms with van der Waals surface area (Å²) < 4.78 is 12.7. The van der Waals surface area contributed by atoms with Crippen molar-refractivity contribution in [3.8, 4) is 11.8 Å². The first-order valence-corrected chi connectivity index (χ1v) is 7.61. The molecule has 0 amide bonds. The molecule has 0 bridgehead atoms. The minimum Gasteiger partial charge on any atom is -0.480 e. The smallest absolute Gasteiger partial charge is 0.326 e. The van der Waals surface area contributed by atoms with Crippen molar-refractivity contribution in [1.29, 1.82) is 0 Å². The van der Waals surface area contributed by atoms with E-state index in [0.29, 0.717) is 0 Å². The Balaban J connectivity index is 5.28. The molecular formula is C13H19O3P. The van der Waals surface area contributed by atoms with Gasteiger partial charge in [-0.1, -0.05) is 30.2 Å². The van der Waals surface area contributed by atoms with E-state index in [1.807, 2.05) is 13.8 Å². The predicted molar refractivity (Wildman–Crippen MR) is 71.8 cm³/mol. The highest BCUT2D eigenvalue weighted by atomic mass is 31.2. The van der Waals surface area contributed by atoms with Crippen molar-refractivity contribution in [3.63, 3.8) is 0 Å². The second kappa shape index (κ2) is 7.92. The Hall–Kier alpha value is -1.26. The van der Waals surface area contributed by atoms with Gasteiger partial charge in [0.2, 0.25) is 0 Å².